The molecule has 18 heavy (non-hydrogen) atoms. The van der Waals surface area contributed by atoms with Crippen LogP contribution in [0.3, 0.4) is 0 Å². The second-order valence-electron chi connectivity index (χ2n) is 3.16. The molecule has 0 aliphatic heterocycles. The first-order valence-corrected chi connectivity index (χ1v) is 5.71. The van der Waals surface area contributed by atoms with Crippen LogP contribution in [0.25, 0.3) is 0 Å². The van der Waals surface area contributed by atoms with E-state index in [0.29, 0.717) is 0 Å². The van der Waals surface area contributed by atoms with Crippen molar-refractivity contribution in [3.8, 4) is 0 Å². The zero-order valence-corrected chi connectivity index (χ0v) is 9.78. The molecule has 1 aromatic carbocycles. The fraction of sp³-hybridized carbons (Fsp3) is 0.300. The Labute approximate surface area is 104 Å². The number of esters is 1. The molecular formula is C10H9F4NO2S. The van der Waals surface area contributed by atoms with Gasteiger partial charge in [-0.15, -0.1) is 0 Å². The summed E-state index contributed by atoms with van der Waals surface area (Å²) in [7, 11) is 0. The molecule has 0 spiro atoms. The number of benzene rings is 1. The third-order valence-corrected chi connectivity index (χ3v) is 2.52. The highest BCUT2D eigenvalue weighted by Crippen LogP contribution is 2.29. The lowest BCUT2D eigenvalue weighted by atomic mass is 10.2. The molecule has 0 radical (unpaired) electrons. The molecule has 2 N–H and O–H groups in total. The predicted molar refractivity (Wildman–Crippen MR) is 59.6 cm³/mol. The third-order valence-electron chi connectivity index (χ3n) is 1.82. The zero-order valence-electron chi connectivity index (χ0n) is 8.96. The van der Waals surface area contributed by atoms with E-state index in [1.165, 1.54) is 6.07 Å². The quantitative estimate of drug-likeness (QED) is 0.399. The predicted octanol–water partition coefficient (Wildman–Crippen LogP) is 2.82. The number of halogens is 4. The molecule has 0 aromatic heterocycles. The van der Waals surface area contributed by atoms with Crippen LogP contribution in [0.5, 0.6) is 0 Å². The highest BCUT2D eigenvalue weighted by molar-refractivity contribution is 8.00. The summed E-state index contributed by atoms with van der Waals surface area (Å²) in [5, 5.41) is 0. The Morgan fingerprint density at radius 2 is 2.06 bits per heavy atom. The van der Waals surface area contributed by atoms with Crippen LogP contribution in [-0.4, -0.2) is 23.8 Å². The van der Waals surface area contributed by atoms with Crippen molar-refractivity contribution in [1.29, 1.82) is 0 Å². The summed E-state index contributed by atoms with van der Waals surface area (Å²) in [6, 6.07) is 3.11. The van der Waals surface area contributed by atoms with E-state index in [1.54, 1.807) is 0 Å². The number of carbonyl (C=O) groups excluding carboxylic acids is 1. The van der Waals surface area contributed by atoms with Crippen molar-refractivity contribution in [1.82, 2.24) is 0 Å². The summed E-state index contributed by atoms with van der Waals surface area (Å²) in [5.74, 6) is -2.06. The first kappa shape index (κ1) is 14.6. The SMILES string of the molecule is Nc1ccc(F)cc1C(=O)OCCSC(F)(F)F. The number of alkyl halides is 3. The van der Waals surface area contributed by atoms with Crippen molar-refractivity contribution in [2.24, 2.45) is 0 Å². The van der Waals surface area contributed by atoms with Gasteiger partial charge in [-0.3, -0.25) is 0 Å². The third kappa shape index (κ3) is 4.82. The van der Waals surface area contributed by atoms with E-state index in [0.717, 1.165) is 12.1 Å². The molecule has 100 valence electrons. The molecule has 0 atom stereocenters. The number of hydrogen-bond acceptors (Lipinski definition) is 4. The summed E-state index contributed by atoms with van der Waals surface area (Å²) in [6.07, 6.45) is 0. The van der Waals surface area contributed by atoms with Gasteiger partial charge in [-0.2, -0.15) is 13.2 Å². The Balaban J connectivity index is 2.48. The number of hydrogen-bond donors (Lipinski definition) is 1. The number of nitrogens with two attached hydrogens (primary N) is 1. The first-order chi connectivity index (χ1) is 8.29. The highest BCUT2D eigenvalue weighted by Gasteiger charge is 2.27. The molecule has 0 amide bonds. The van der Waals surface area contributed by atoms with E-state index >= 15 is 0 Å². The Morgan fingerprint density at radius 3 is 2.67 bits per heavy atom. The lowest BCUT2D eigenvalue weighted by Gasteiger charge is -2.08. The normalized spacial score (nSPS) is 11.3. The van der Waals surface area contributed by atoms with Gasteiger partial charge in [0.2, 0.25) is 0 Å². The van der Waals surface area contributed by atoms with Gasteiger partial charge in [0, 0.05) is 11.4 Å². The van der Waals surface area contributed by atoms with Crippen molar-refractivity contribution in [2.75, 3.05) is 18.1 Å². The maximum absolute atomic E-state index is 12.8. The average molecular weight is 283 g/mol. The van der Waals surface area contributed by atoms with Crippen LogP contribution in [0, 0.1) is 5.82 Å². The first-order valence-electron chi connectivity index (χ1n) is 4.72. The van der Waals surface area contributed by atoms with Gasteiger partial charge in [-0.25, -0.2) is 9.18 Å². The number of ether oxygens (including phenoxy) is 1. The minimum absolute atomic E-state index is 0.00451. The van der Waals surface area contributed by atoms with Gasteiger partial charge in [0.25, 0.3) is 0 Å². The van der Waals surface area contributed by atoms with Crippen molar-refractivity contribution in [3.63, 3.8) is 0 Å². The fourth-order valence-corrected chi connectivity index (χ4v) is 1.47. The van der Waals surface area contributed by atoms with E-state index in [2.05, 4.69) is 4.74 Å². The van der Waals surface area contributed by atoms with Crippen LogP contribution in [0.4, 0.5) is 23.2 Å². The Hall–Kier alpha value is -1.44. The number of thioether (sulfide) groups is 1. The Morgan fingerprint density at radius 1 is 1.39 bits per heavy atom. The monoisotopic (exact) mass is 283 g/mol. The van der Waals surface area contributed by atoms with Gasteiger partial charge >= 0.3 is 11.5 Å². The molecule has 3 nitrogen and oxygen atoms in total. The van der Waals surface area contributed by atoms with Crippen LogP contribution >= 0.6 is 11.8 Å². The number of carbonyl (C=O) groups is 1. The highest BCUT2D eigenvalue weighted by atomic mass is 32.2. The molecule has 0 aliphatic rings. The molecule has 0 heterocycles. The van der Waals surface area contributed by atoms with Crippen molar-refractivity contribution >= 4 is 23.4 Å². The number of rotatable bonds is 4. The zero-order chi connectivity index (χ0) is 13.8. The minimum Gasteiger partial charge on any atom is -0.461 e. The molecule has 0 aliphatic carbocycles. The van der Waals surface area contributed by atoms with Gasteiger partial charge in [0.1, 0.15) is 12.4 Å². The summed E-state index contributed by atoms with van der Waals surface area (Å²) in [6.45, 7) is -0.432. The molecule has 0 saturated carbocycles. The largest absolute Gasteiger partial charge is 0.461 e. The van der Waals surface area contributed by atoms with Crippen molar-refractivity contribution < 1.29 is 27.1 Å². The van der Waals surface area contributed by atoms with Crippen LogP contribution < -0.4 is 5.73 Å². The molecule has 1 aromatic rings. The van der Waals surface area contributed by atoms with Gasteiger partial charge in [-0.05, 0) is 30.0 Å². The van der Waals surface area contributed by atoms with Gasteiger partial charge < -0.3 is 10.5 Å². The standard InChI is InChI=1S/C10H9F4NO2S/c11-6-1-2-8(15)7(5-6)9(16)17-3-4-18-10(12,13)14/h1-2,5H,3-4,15H2. The summed E-state index contributed by atoms with van der Waals surface area (Å²) >= 11 is -0.304. The Kier molecular flexibility index (Phi) is 4.83. The fourth-order valence-electron chi connectivity index (χ4n) is 1.07. The van der Waals surface area contributed by atoms with Crippen molar-refractivity contribution in [2.45, 2.75) is 5.51 Å². The number of nitrogen functional groups attached to an aromatic ring is 1. The van der Waals surface area contributed by atoms with Gasteiger partial charge in [0.05, 0.1) is 5.56 Å². The number of anilines is 1. The van der Waals surface area contributed by atoms with E-state index < -0.39 is 29.7 Å². The van der Waals surface area contributed by atoms with E-state index in [9.17, 15) is 22.4 Å². The van der Waals surface area contributed by atoms with E-state index in [1.807, 2.05) is 0 Å². The molecule has 0 fully saturated rings. The van der Waals surface area contributed by atoms with Gasteiger partial charge in [0.15, 0.2) is 0 Å². The smallest absolute Gasteiger partial charge is 0.441 e. The maximum Gasteiger partial charge on any atom is 0.441 e. The summed E-state index contributed by atoms with van der Waals surface area (Å²) < 4.78 is 52.7. The maximum atomic E-state index is 12.8. The lowest BCUT2D eigenvalue weighted by molar-refractivity contribution is -0.0331. The van der Waals surface area contributed by atoms with E-state index in [4.69, 9.17) is 5.73 Å². The molecule has 0 saturated heterocycles. The van der Waals surface area contributed by atoms with Crippen molar-refractivity contribution in [3.05, 3.63) is 29.6 Å². The van der Waals surface area contributed by atoms with E-state index in [-0.39, 0.29) is 23.0 Å². The van der Waals surface area contributed by atoms with Crippen LogP contribution in [0.2, 0.25) is 0 Å². The molecule has 0 unspecified atom stereocenters. The topological polar surface area (TPSA) is 52.3 Å². The second kappa shape index (κ2) is 5.94. The summed E-state index contributed by atoms with van der Waals surface area (Å²) in [4.78, 5) is 11.4. The summed E-state index contributed by atoms with van der Waals surface area (Å²) in [5.41, 5.74) is 0.843. The molecule has 0 bridgehead atoms. The molecule has 1 rings (SSSR count). The van der Waals surface area contributed by atoms with Crippen LogP contribution in [0.15, 0.2) is 18.2 Å². The Bertz CT molecular complexity index is 436. The minimum atomic E-state index is -4.37. The van der Waals surface area contributed by atoms with Crippen LogP contribution in [-0.2, 0) is 4.74 Å². The lowest BCUT2D eigenvalue weighted by Crippen LogP contribution is -2.12. The average Bonchev–Trinajstić information content (AvgIpc) is 2.26. The van der Waals surface area contributed by atoms with Gasteiger partial charge in [-0.1, -0.05) is 0 Å². The molecular weight excluding hydrogens is 274 g/mol. The molecule has 8 heteroatoms. The van der Waals surface area contributed by atoms with Crippen LogP contribution in [0.1, 0.15) is 10.4 Å². The second-order valence-corrected chi connectivity index (χ2v) is 4.32.